The maximum absolute atomic E-state index is 5.43. The first kappa shape index (κ1) is 12.9. The zero-order chi connectivity index (χ0) is 12.6. The molecular formula is C17H22O. The van der Waals surface area contributed by atoms with Gasteiger partial charge in [-0.2, -0.15) is 0 Å². The van der Waals surface area contributed by atoms with E-state index in [4.69, 9.17) is 4.42 Å². The molecule has 1 heteroatoms. The van der Waals surface area contributed by atoms with Gasteiger partial charge >= 0.3 is 0 Å². The lowest BCUT2D eigenvalue weighted by Gasteiger charge is -2.04. The van der Waals surface area contributed by atoms with Gasteiger partial charge in [-0.15, -0.1) is 0 Å². The minimum atomic E-state index is 0.961. The summed E-state index contributed by atoms with van der Waals surface area (Å²) in [7, 11) is 0. The number of hydrogen-bond acceptors (Lipinski definition) is 1. The first-order chi connectivity index (χ1) is 8.90. The van der Waals surface area contributed by atoms with E-state index in [0.29, 0.717) is 0 Å². The molecule has 0 aliphatic carbocycles. The van der Waals surface area contributed by atoms with Crippen LogP contribution < -0.4 is 0 Å². The Kier molecular flexibility index (Phi) is 5.07. The van der Waals surface area contributed by atoms with Crippen LogP contribution in [-0.2, 0) is 6.42 Å². The van der Waals surface area contributed by atoms with E-state index in [9.17, 15) is 0 Å². The first-order valence-corrected chi connectivity index (χ1v) is 7.03. The molecule has 1 nitrogen and oxygen atoms in total. The van der Waals surface area contributed by atoms with Crippen molar-refractivity contribution >= 4 is 0 Å². The highest BCUT2D eigenvalue weighted by Crippen LogP contribution is 2.21. The van der Waals surface area contributed by atoms with E-state index < -0.39 is 0 Å². The molecule has 0 bridgehead atoms. The van der Waals surface area contributed by atoms with Gasteiger partial charge in [0, 0.05) is 5.56 Å². The second-order valence-corrected chi connectivity index (χ2v) is 4.84. The van der Waals surface area contributed by atoms with Gasteiger partial charge in [0.2, 0.25) is 0 Å². The summed E-state index contributed by atoms with van der Waals surface area (Å²) in [6.45, 7) is 2.26. The average Bonchev–Trinajstić information content (AvgIpc) is 2.93. The fraction of sp³-hybridized carbons (Fsp3) is 0.412. The van der Waals surface area contributed by atoms with Gasteiger partial charge in [-0.1, -0.05) is 50.8 Å². The van der Waals surface area contributed by atoms with E-state index in [1.165, 1.54) is 49.7 Å². The molecule has 1 aromatic carbocycles. The van der Waals surface area contributed by atoms with Crippen molar-refractivity contribution in [3.63, 3.8) is 0 Å². The summed E-state index contributed by atoms with van der Waals surface area (Å²) in [6.07, 6.45) is 9.60. The van der Waals surface area contributed by atoms with E-state index in [0.717, 1.165) is 5.76 Å². The van der Waals surface area contributed by atoms with E-state index in [2.05, 4.69) is 31.2 Å². The third kappa shape index (κ3) is 3.76. The number of hydrogen-bond donors (Lipinski definition) is 0. The van der Waals surface area contributed by atoms with E-state index in [1.807, 2.05) is 12.1 Å². The molecule has 0 aliphatic heterocycles. The SMILES string of the molecule is CCCCCCCc1cccc(-c2ccco2)c1. The average molecular weight is 242 g/mol. The minimum Gasteiger partial charge on any atom is -0.464 e. The second kappa shape index (κ2) is 7.05. The quantitative estimate of drug-likeness (QED) is 0.588. The third-order valence-electron chi connectivity index (χ3n) is 3.30. The molecule has 2 aromatic rings. The fourth-order valence-corrected chi connectivity index (χ4v) is 2.26. The van der Waals surface area contributed by atoms with Crippen molar-refractivity contribution in [1.82, 2.24) is 0 Å². The topological polar surface area (TPSA) is 13.1 Å². The van der Waals surface area contributed by atoms with Crippen molar-refractivity contribution in [2.75, 3.05) is 0 Å². The lowest BCUT2D eigenvalue weighted by molar-refractivity contribution is 0.582. The minimum absolute atomic E-state index is 0.961. The maximum atomic E-state index is 5.43. The van der Waals surface area contributed by atoms with Gasteiger partial charge in [0.15, 0.2) is 0 Å². The van der Waals surface area contributed by atoms with Crippen LogP contribution in [0.15, 0.2) is 47.1 Å². The maximum Gasteiger partial charge on any atom is 0.133 e. The van der Waals surface area contributed by atoms with E-state index in [1.54, 1.807) is 6.26 Å². The van der Waals surface area contributed by atoms with Gasteiger partial charge in [-0.05, 0) is 36.6 Å². The van der Waals surface area contributed by atoms with Gasteiger partial charge in [0.25, 0.3) is 0 Å². The Hall–Kier alpha value is -1.50. The Morgan fingerprint density at radius 1 is 0.944 bits per heavy atom. The summed E-state index contributed by atoms with van der Waals surface area (Å²) in [5.74, 6) is 0.961. The molecule has 0 amide bonds. The molecule has 96 valence electrons. The summed E-state index contributed by atoms with van der Waals surface area (Å²) < 4.78 is 5.43. The van der Waals surface area contributed by atoms with E-state index in [-0.39, 0.29) is 0 Å². The van der Waals surface area contributed by atoms with Gasteiger partial charge in [-0.25, -0.2) is 0 Å². The van der Waals surface area contributed by atoms with Crippen molar-refractivity contribution in [2.24, 2.45) is 0 Å². The molecule has 18 heavy (non-hydrogen) atoms. The number of furan rings is 1. The Bertz CT molecular complexity index is 442. The summed E-state index contributed by atoms with van der Waals surface area (Å²) in [5, 5.41) is 0. The smallest absolute Gasteiger partial charge is 0.133 e. The molecule has 0 saturated heterocycles. The van der Waals surface area contributed by atoms with Crippen LogP contribution in [0, 0.1) is 0 Å². The summed E-state index contributed by atoms with van der Waals surface area (Å²) >= 11 is 0. The Morgan fingerprint density at radius 2 is 1.83 bits per heavy atom. The molecule has 0 fully saturated rings. The van der Waals surface area contributed by atoms with Crippen LogP contribution in [0.2, 0.25) is 0 Å². The summed E-state index contributed by atoms with van der Waals surface area (Å²) in [5.41, 5.74) is 2.60. The van der Waals surface area contributed by atoms with Crippen LogP contribution in [0.5, 0.6) is 0 Å². The Morgan fingerprint density at radius 3 is 2.61 bits per heavy atom. The highest BCUT2D eigenvalue weighted by molar-refractivity contribution is 5.58. The molecule has 0 spiro atoms. The molecule has 0 aliphatic rings. The first-order valence-electron chi connectivity index (χ1n) is 7.03. The van der Waals surface area contributed by atoms with Crippen molar-refractivity contribution in [3.05, 3.63) is 48.2 Å². The van der Waals surface area contributed by atoms with Crippen LogP contribution in [0.25, 0.3) is 11.3 Å². The highest BCUT2D eigenvalue weighted by atomic mass is 16.3. The molecule has 1 heterocycles. The second-order valence-electron chi connectivity index (χ2n) is 4.84. The number of unbranched alkanes of at least 4 members (excludes halogenated alkanes) is 4. The van der Waals surface area contributed by atoms with Crippen LogP contribution in [0.3, 0.4) is 0 Å². The lowest BCUT2D eigenvalue weighted by atomic mass is 10.0. The van der Waals surface area contributed by atoms with Gasteiger partial charge < -0.3 is 4.42 Å². The number of rotatable bonds is 7. The largest absolute Gasteiger partial charge is 0.464 e. The summed E-state index contributed by atoms with van der Waals surface area (Å²) in [4.78, 5) is 0. The predicted octanol–water partition coefficient (Wildman–Crippen LogP) is 5.46. The number of benzene rings is 1. The van der Waals surface area contributed by atoms with Crippen molar-refractivity contribution in [3.8, 4) is 11.3 Å². The monoisotopic (exact) mass is 242 g/mol. The zero-order valence-electron chi connectivity index (χ0n) is 11.2. The predicted molar refractivity (Wildman–Crippen MR) is 76.6 cm³/mol. The Balaban J connectivity index is 1.88. The van der Waals surface area contributed by atoms with E-state index >= 15 is 0 Å². The molecule has 1 aromatic heterocycles. The standard InChI is InChI=1S/C17H22O/c1-2-3-4-5-6-9-15-10-7-11-16(14-15)17-12-8-13-18-17/h7-8,10-14H,2-6,9H2,1H3. The van der Waals surface area contributed by atoms with Gasteiger partial charge in [0.05, 0.1) is 6.26 Å². The molecule has 0 atom stereocenters. The molecule has 0 saturated carbocycles. The molecule has 2 rings (SSSR count). The van der Waals surface area contributed by atoms with Crippen molar-refractivity contribution in [2.45, 2.75) is 45.4 Å². The van der Waals surface area contributed by atoms with Crippen LogP contribution in [-0.4, -0.2) is 0 Å². The van der Waals surface area contributed by atoms with Crippen molar-refractivity contribution in [1.29, 1.82) is 0 Å². The highest BCUT2D eigenvalue weighted by Gasteiger charge is 2.01. The molecule has 0 unspecified atom stereocenters. The summed E-state index contributed by atoms with van der Waals surface area (Å²) in [6, 6.07) is 12.6. The van der Waals surface area contributed by atoms with Gasteiger partial charge in [-0.3, -0.25) is 0 Å². The molecule has 0 N–H and O–H groups in total. The normalized spacial score (nSPS) is 10.7. The van der Waals surface area contributed by atoms with Crippen LogP contribution in [0.1, 0.15) is 44.6 Å². The number of aryl methyl sites for hydroxylation is 1. The van der Waals surface area contributed by atoms with Crippen molar-refractivity contribution < 1.29 is 4.42 Å². The third-order valence-corrected chi connectivity index (χ3v) is 3.30. The van der Waals surface area contributed by atoms with Crippen LogP contribution in [0.4, 0.5) is 0 Å². The fourth-order valence-electron chi connectivity index (χ4n) is 2.26. The van der Waals surface area contributed by atoms with Gasteiger partial charge in [0.1, 0.15) is 5.76 Å². The zero-order valence-corrected chi connectivity index (χ0v) is 11.2. The molecular weight excluding hydrogens is 220 g/mol. The van der Waals surface area contributed by atoms with Crippen LogP contribution >= 0.6 is 0 Å². The molecule has 0 radical (unpaired) electrons. The Labute approximate surface area is 110 Å². The lowest BCUT2D eigenvalue weighted by Crippen LogP contribution is -1.87.